The number of esters is 1. The number of aliphatic hydroxyl groups is 1. The number of carbonyl (C=O) groups excluding carboxylic acids is 1. The monoisotopic (exact) mass is 386 g/mol. The van der Waals surface area contributed by atoms with Crippen LogP contribution in [0.25, 0.3) is 5.69 Å². The summed E-state index contributed by atoms with van der Waals surface area (Å²) < 4.78 is 6.45. The van der Waals surface area contributed by atoms with Gasteiger partial charge in [0.05, 0.1) is 24.6 Å². The van der Waals surface area contributed by atoms with Crippen molar-refractivity contribution in [2.45, 2.75) is 13.8 Å². The summed E-state index contributed by atoms with van der Waals surface area (Å²) in [7, 11) is 0. The van der Waals surface area contributed by atoms with E-state index in [-0.39, 0.29) is 24.5 Å². The van der Waals surface area contributed by atoms with E-state index in [1.807, 2.05) is 30.0 Å². The molecule has 0 aliphatic carbocycles. The number of nitrogens with zero attached hydrogens (tertiary/aromatic N) is 4. The van der Waals surface area contributed by atoms with Crippen LogP contribution >= 0.6 is 0 Å². The lowest BCUT2D eigenvalue weighted by molar-refractivity contribution is 0.0517. The summed E-state index contributed by atoms with van der Waals surface area (Å²) >= 11 is 0. The quantitative estimate of drug-likeness (QED) is 0.736. The van der Waals surface area contributed by atoms with Crippen LogP contribution in [0.2, 0.25) is 0 Å². The van der Waals surface area contributed by atoms with Crippen molar-refractivity contribution < 1.29 is 14.6 Å². The van der Waals surface area contributed by atoms with Gasteiger partial charge in [0.25, 0.3) is 5.56 Å². The third kappa shape index (κ3) is 4.23. The van der Waals surface area contributed by atoms with Gasteiger partial charge in [-0.05, 0) is 25.5 Å². The number of anilines is 1. The Labute approximate surface area is 164 Å². The minimum atomic E-state index is -0.544. The first-order valence-corrected chi connectivity index (χ1v) is 9.50. The zero-order valence-corrected chi connectivity index (χ0v) is 16.3. The van der Waals surface area contributed by atoms with Gasteiger partial charge in [-0.25, -0.2) is 4.79 Å². The molecular weight excluding hydrogens is 360 g/mol. The molecule has 3 rings (SSSR count). The van der Waals surface area contributed by atoms with E-state index in [0.717, 1.165) is 18.7 Å². The highest BCUT2D eigenvalue weighted by atomic mass is 16.5. The summed E-state index contributed by atoms with van der Waals surface area (Å²) in [5.74, 6) is -0.544. The van der Waals surface area contributed by atoms with Crippen LogP contribution in [-0.4, -0.2) is 71.7 Å². The summed E-state index contributed by atoms with van der Waals surface area (Å²) in [4.78, 5) is 29.5. The molecule has 2 heterocycles. The van der Waals surface area contributed by atoms with Crippen LogP contribution in [0.5, 0.6) is 0 Å². The summed E-state index contributed by atoms with van der Waals surface area (Å²) in [6.07, 6.45) is 0. The Bertz CT molecular complexity index is 888. The van der Waals surface area contributed by atoms with Crippen molar-refractivity contribution in [1.29, 1.82) is 0 Å². The van der Waals surface area contributed by atoms with Crippen LogP contribution in [0, 0.1) is 6.92 Å². The molecular formula is C20H26N4O4. The highest BCUT2D eigenvalue weighted by Gasteiger charge is 2.25. The number of para-hydroxylation sites is 1. The zero-order chi connectivity index (χ0) is 20.1. The number of aromatic nitrogens is 2. The molecule has 1 aromatic heterocycles. The molecule has 28 heavy (non-hydrogen) atoms. The molecule has 0 bridgehead atoms. The molecule has 0 atom stereocenters. The third-order valence-corrected chi connectivity index (χ3v) is 4.85. The van der Waals surface area contributed by atoms with Gasteiger partial charge in [-0.2, -0.15) is 9.78 Å². The van der Waals surface area contributed by atoms with E-state index in [0.29, 0.717) is 31.0 Å². The van der Waals surface area contributed by atoms with Crippen molar-refractivity contribution in [3.8, 4) is 5.69 Å². The fourth-order valence-corrected chi connectivity index (χ4v) is 3.36. The summed E-state index contributed by atoms with van der Waals surface area (Å²) in [6, 6.07) is 8.87. The van der Waals surface area contributed by atoms with Gasteiger partial charge in [0.15, 0.2) is 5.69 Å². The summed E-state index contributed by atoms with van der Waals surface area (Å²) in [5.41, 5.74) is 1.86. The van der Waals surface area contributed by atoms with E-state index in [4.69, 9.17) is 9.84 Å². The number of benzene rings is 1. The molecule has 0 spiro atoms. The molecule has 8 heteroatoms. The van der Waals surface area contributed by atoms with Crippen molar-refractivity contribution in [3.05, 3.63) is 51.9 Å². The van der Waals surface area contributed by atoms with Gasteiger partial charge >= 0.3 is 5.97 Å². The van der Waals surface area contributed by atoms with Crippen molar-refractivity contribution in [1.82, 2.24) is 14.7 Å². The SMILES string of the molecule is CCOC(=O)c1nn(-c2ccccc2C)c(=O)cc1N1CCN(CCO)CC1. The van der Waals surface area contributed by atoms with Crippen LogP contribution in [0.1, 0.15) is 23.0 Å². The second kappa shape index (κ2) is 8.99. The average Bonchev–Trinajstić information content (AvgIpc) is 2.69. The number of rotatable bonds is 6. The molecule has 0 saturated carbocycles. The Morgan fingerprint density at radius 2 is 1.89 bits per heavy atom. The fourth-order valence-electron chi connectivity index (χ4n) is 3.36. The number of ether oxygens (including phenoxy) is 1. The molecule has 1 fully saturated rings. The molecule has 2 aromatic rings. The highest BCUT2D eigenvalue weighted by Crippen LogP contribution is 2.21. The largest absolute Gasteiger partial charge is 0.461 e. The number of aryl methyl sites for hydroxylation is 1. The highest BCUT2D eigenvalue weighted by molar-refractivity contribution is 5.93. The maximum absolute atomic E-state index is 12.8. The standard InChI is InChI=1S/C20H26N4O4/c1-3-28-20(27)19-17(23-10-8-22(9-11-23)12-13-25)14-18(26)24(21-19)16-7-5-4-6-15(16)2/h4-7,14,25H,3,8-13H2,1-2H3. The molecule has 1 aliphatic heterocycles. The number of hydrogen-bond donors (Lipinski definition) is 1. The van der Waals surface area contributed by atoms with Crippen LogP contribution in [-0.2, 0) is 4.74 Å². The Balaban J connectivity index is 2.00. The van der Waals surface area contributed by atoms with Crippen molar-refractivity contribution in [2.75, 3.05) is 50.8 Å². The molecule has 1 saturated heterocycles. The van der Waals surface area contributed by atoms with Gasteiger partial charge in [-0.3, -0.25) is 9.69 Å². The second-order valence-corrected chi connectivity index (χ2v) is 6.69. The normalized spacial score (nSPS) is 14.9. The maximum atomic E-state index is 12.8. The van der Waals surface area contributed by atoms with Gasteiger partial charge in [-0.1, -0.05) is 18.2 Å². The van der Waals surface area contributed by atoms with E-state index in [2.05, 4.69) is 10.00 Å². The fraction of sp³-hybridized carbons (Fsp3) is 0.450. The number of piperazine rings is 1. The predicted octanol–water partition coefficient (Wildman–Crippen LogP) is 0.832. The molecule has 0 amide bonds. The minimum Gasteiger partial charge on any atom is -0.461 e. The molecule has 1 aliphatic rings. The predicted molar refractivity (Wildman–Crippen MR) is 106 cm³/mol. The van der Waals surface area contributed by atoms with E-state index in [1.165, 1.54) is 10.7 Å². The third-order valence-electron chi connectivity index (χ3n) is 4.85. The van der Waals surface area contributed by atoms with E-state index in [9.17, 15) is 9.59 Å². The van der Waals surface area contributed by atoms with Crippen LogP contribution in [0.15, 0.2) is 35.1 Å². The van der Waals surface area contributed by atoms with E-state index in [1.54, 1.807) is 13.0 Å². The molecule has 1 aromatic carbocycles. The topological polar surface area (TPSA) is 87.9 Å². The van der Waals surface area contributed by atoms with Gasteiger partial charge in [0.1, 0.15) is 0 Å². The second-order valence-electron chi connectivity index (χ2n) is 6.69. The van der Waals surface area contributed by atoms with Crippen LogP contribution in [0.4, 0.5) is 5.69 Å². The first-order valence-electron chi connectivity index (χ1n) is 9.50. The number of hydrogen-bond acceptors (Lipinski definition) is 7. The average molecular weight is 386 g/mol. The van der Waals surface area contributed by atoms with E-state index < -0.39 is 5.97 Å². The molecule has 1 N–H and O–H groups in total. The Hall–Kier alpha value is -2.71. The van der Waals surface area contributed by atoms with Gasteiger partial charge in [0.2, 0.25) is 0 Å². The number of aliphatic hydroxyl groups excluding tert-OH is 1. The lowest BCUT2D eigenvalue weighted by atomic mass is 10.2. The molecule has 8 nitrogen and oxygen atoms in total. The minimum absolute atomic E-state index is 0.113. The number of carbonyl (C=O) groups is 1. The lowest BCUT2D eigenvalue weighted by Gasteiger charge is -2.36. The molecule has 0 radical (unpaired) electrons. The lowest BCUT2D eigenvalue weighted by Crippen LogP contribution is -2.48. The van der Waals surface area contributed by atoms with Gasteiger partial charge < -0.3 is 14.7 Å². The van der Waals surface area contributed by atoms with Crippen LogP contribution < -0.4 is 10.5 Å². The van der Waals surface area contributed by atoms with Gasteiger partial charge in [0, 0.05) is 38.8 Å². The zero-order valence-electron chi connectivity index (χ0n) is 16.3. The Morgan fingerprint density at radius 3 is 2.54 bits per heavy atom. The molecule has 150 valence electrons. The first kappa shape index (κ1) is 20.0. The number of β-amino-alcohol motifs (C(OH)–C–C–N with tert-alkyl or cyclic N) is 1. The van der Waals surface area contributed by atoms with Crippen molar-refractivity contribution in [3.63, 3.8) is 0 Å². The summed E-state index contributed by atoms with van der Waals surface area (Å²) in [6.45, 7) is 7.35. The maximum Gasteiger partial charge on any atom is 0.360 e. The Kier molecular flexibility index (Phi) is 6.43. The van der Waals surface area contributed by atoms with E-state index >= 15 is 0 Å². The molecule has 0 unspecified atom stereocenters. The van der Waals surface area contributed by atoms with Gasteiger partial charge in [-0.15, -0.1) is 0 Å². The smallest absolute Gasteiger partial charge is 0.360 e. The summed E-state index contributed by atoms with van der Waals surface area (Å²) in [5, 5.41) is 13.5. The van der Waals surface area contributed by atoms with Crippen molar-refractivity contribution in [2.24, 2.45) is 0 Å². The van der Waals surface area contributed by atoms with Crippen LogP contribution in [0.3, 0.4) is 0 Å². The van der Waals surface area contributed by atoms with Crippen molar-refractivity contribution >= 4 is 11.7 Å². The Morgan fingerprint density at radius 1 is 1.18 bits per heavy atom. The first-order chi connectivity index (χ1) is 13.5.